The molecular formula is C20H28N4O2. The third-order valence-corrected chi connectivity index (χ3v) is 5.98. The van der Waals surface area contributed by atoms with Crippen molar-refractivity contribution in [3.63, 3.8) is 0 Å². The van der Waals surface area contributed by atoms with Crippen LogP contribution in [0.3, 0.4) is 0 Å². The highest BCUT2D eigenvalue weighted by Gasteiger charge is 2.32. The maximum absolute atomic E-state index is 12.9. The van der Waals surface area contributed by atoms with Crippen LogP contribution in [0, 0.1) is 5.92 Å². The standard InChI is InChI=1S/C20H28N4O2/c25-19-11-16(12-21-23-19)24-10-4-7-15(13-24)20(26)22-18-9-3-6-14-5-1-2-8-17(14)18/h3,6,9,15-16,21H,1-2,4-5,7-8,10-13H2,(H,22,26)(H,23,25). The van der Waals surface area contributed by atoms with Crippen molar-refractivity contribution in [1.82, 2.24) is 15.8 Å². The lowest BCUT2D eigenvalue weighted by atomic mass is 9.90. The van der Waals surface area contributed by atoms with E-state index in [1.165, 1.54) is 24.0 Å². The maximum atomic E-state index is 12.9. The zero-order valence-electron chi connectivity index (χ0n) is 15.2. The molecule has 6 heteroatoms. The van der Waals surface area contributed by atoms with E-state index in [2.05, 4.69) is 33.2 Å². The van der Waals surface area contributed by atoms with E-state index in [1.54, 1.807) is 0 Å². The number of hydrazine groups is 1. The van der Waals surface area contributed by atoms with Gasteiger partial charge in [0.2, 0.25) is 11.8 Å². The highest BCUT2D eigenvalue weighted by Crippen LogP contribution is 2.29. The summed E-state index contributed by atoms with van der Waals surface area (Å²) in [6, 6.07) is 6.47. The van der Waals surface area contributed by atoms with E-state index in [1.807, 2.05) is 6.07 Å². The van der Waals surface area contributed by atoms with Crippen molar-refractivity contribution in [3.05, 3.63) is 29.3 Å². The molecule has 0 spiro atoms. The molecule has 1 aliphatic carbocycles. The predicted octanol–water partition coefficient (Wildman–Crippen LogP) is 1.61. The fourth-order valence-corrected chi connectivity index (χ4v) is 4.55. The number of nitrogens with one attached hydrogen (secondary N) is 3. The van der Waals surface area contributed by atoms with E-state index >= 15 is 0 Å². The highest BCUT2D eigenvalue weighted by molar-refractivity contribution is 5.93. The number of fused-ring (bicyclic) bond motifs is 1. The normalized spacial score (nSPS) is 26.7. The van der Waals surface area contributed by atoms with Crippen molar-refractivity contribution >= 4 is 17.5 Å². The number of rotatable bonds is 3. The Bertz CT molecular complexity index is 690. The van der Waals surface area contributed by atoms with Crippen molar-refractivity contribution in [3.8, 4) is 0 Å². The van der Waals surface area contributed by atoms with E-state index in [4.69, 9.17) is 0 Å². The summed E-state index contributed by atoms with van der Waals surface area (Å²) in [7, 11) is 0. The van der Waals surface area contributed by atoms with Crippen LogP contribution in [-0.2, 0) is 22.4 Å². The number of piperidine rings is 1. The van der Waals surface area contributed by atoms with Gasteiger partial charge in [-0.25, -0.2) is 5.43 Å². The Morgan fingerprint density at radius 3 is 2.96 bits per heavy atom. The Morgan fingerprint density at radius 1 is 1.19 bits per heavy atom. The molecule has 3 N–H and O–H groups in total. The lowest BCUT2D eigenvalue weighted by Gasteiger charge is -2.39. The molecule has 6 nitrogen and oxygen atoms in total. The van der Waals surface area contributed by atoms with Crippen molar-refractivity contribution in [2.45, 2.75) is 51.0 Å². The average Bonchev–Trinajstić information content (AvgIpc) is 2.68. The highest BCUT2D eigenvalue weighted by atomic mass is 16.2. The first-order chi connectivity index (χ1) is 12.7. The van der Waals surface area contributed by atoms with Crippen molar-refractivity contribution < 1.29 is 9.59 Å². The zero-order valence-corrected chi connectivity index (χ0v) is 15.2. The van der Waals surface area contributed by atoms with E-state index in [-0.39, 0.29) is 23.8 Å². The molecule has 0 bridgehead atoms. The molecule has 3 aliphatic rings. The molecule has 2 aliphatic heterocycles. The smallest absolute Gasteiger partial charge is 0.235 e. The molecule has 140 valence electrons. The average molecular weight is 356 g/mol. The molecule has 2 fully saturated rings. The third-order valence-electron chi connectivity index (χ3n) is 5.98. The van der Waals surface area contributed by atoms with Crippen molar-refractivity contribution in [2.24, 2.45) is 5.92 Å². The lowest BCUT2D eigenvalue weighted by molar-refractivity contribution is -0.126. The van der Waals surface area contributed by atoms with Gasteiger partial charge in [-0.2, -0.15) is 0 Å². The van der Waals surface area contributed by atoms with Crippen LogP contribution < -0.4 is 16.2 Å². The van der Waals surface area contributed by atoms with Crippen LogP contribution in [0.4, 0.5) is 5.69 Å². The van der Waals surface area contributed by atoms with Gasteiger partial charge >= 0.3 is 0 Å². The van der Waals surface area contributed by atoms with Crippen LogP contribution in [0.15, 0.2) is 18.2 Å². The molecule has 2 unspecified atom stereocenters. The fourth-order valence-electron chi connectivity index (χ4n) is 4.55. The summed E-state index contributed by atoms with van der Waals surface area (Å²) in [6.07, 6.45) is 7.05. The van der Waals surface area contributed by atoms with E-state index in [9.17, 15) is 9.59 Å². The Kier molecular flexibility index (Phi) is 5.22. The minimum absolute atomic E-state index is 0.00631. The van der Waals surface area contributed by atoms with Gasteiger partial charge in [-0.1, -0.05) is 12.1 Å². The van der Waals surface area contributed by atoms with Crippen LogP contribution in [0.5, 0.6) is 0 Å². The largest absolute Gasteiger partial charge is 0.326 e. The number of likely N-dealkylation sites (tertiary alicyclic amines) is 1. The molecule has 1 aromatic carbocycles. The van der Waals surface area contributed by atoms with Gasteiger partial charge in [0.25, 0.3) is 0 Å². The van der Waals surface area contributed by atoms with Crippen LogP contribution >= 0.6 is 0 Å². The van der Waals surface area contributed by atoms with E-state index in [0.29, 0.717) is 6.42 Å². The number of benzene rings is 1. The lowest BCUT2D eigenvalue weighted by Crippen LogP contribution is -2.57. The minimum Gasteiger partial charge on any atom is -0.326 e. The molecule has 2 heterocycles. The molecule has 1 aromatic rings. The van der Waals surface area contributed by atoms with Crippen molar-refractivity contribution in [2.75, 3.05) is 25.0 Å². The predicted molar refractivity (Wildman–Crippen MR) is 101 cm³/mol. The molecule has 0 saturated carbocycles. The Balaban J connectivity index is 1.41. The number of hydrogen-bond donors (Lipinski definition) is 3. The number of anilines is 1. The quantitative estimate of drug-likeness (QED) is 0.769. The summed E-state index contributed by atoms with van der Waals surface area (Å²) in [5.41, 5.74) is 9.33. The fraction of sp³-hybridized carbons (Fsp3) is 0.600. The molecule has 2 amide bonds. The molecule has 4 rings (SSSR count). The Labute approximate surface area is 154 Å². The number of nitrogens with zero attached hydrogens (tertiary/aromatic N) is 1. The first kappa shape index (κ1) is 17.5. The molecular weight excluding hydrogens is 328 g/mol. The summed E-state index contributed by atoms with van der Waals surface area (Å²) in [5, 5.41) is 3.21. The number of hydrogen-bond acceptors (Lipinski definition) is 4. The second-order valence-electron chi connectivity index (χ2n) is 7.76. The van der Waals surface area contributed by atoms with Crippen LogP contribution in [0.25, 0.3) is 0 Å². The summed E-state index contributed by atoms with van der Waals surface area (Å²) in [4.78, 5) is 26.8. The summed E-state index contributed by atoms with van der Waals surface area (Å²) in [6.45, 7) is 2.44. The minimum atomic E-state index is -0.00631. The van der Waals surface area contributed by atoms with Crippen LogP contribution in [0.2, 0.25) is 0 Å². The van der Waals surface area contributed by atoms with Gasteiger partial charge in [-0.3, -0.25) is 19.9 Å². The van der Waals surface area contributed by atoms with Gasteiger partial charge in [0.15, 0.2) is 0 Å². The zero-order chi connectivity index (χ0) is 17.9. The number of aryl methyl sites for hydroxylation is 1. The van der Waals surface area contributed by atoms with Gasteiger partial charge in [-0.05, 0) is 62.3 Å². The van der Waals surface area contributed by atoms with Gasteiger partial charge in [0.05, 0.1) is 5.92 Å². The molecule has 2 atom stereocenters. The maximum Gasteiger partial charge on any atom is 0.235 e. The second-order valence-corrected chi connectivity index (χ2v) is 7.76. The first-order valence-corrected chi connectivity index (χ1v) is 9.88. The molecule has 0 radical (unpaired) electrons. The number of amides is 2. The van der Waals surface area contributed by atoms with Gasteiger partial charge in [0, 0.05) is 31.2 Å². The second kappa shape index (κ2) is 7.76. The van der Waals surface area contributed by atoms with Crippen LogP contribution in [0.1, 0.15) is 43.2 Å². The van der Waals surface area contributed by atoms with Crippen LogP contribution in [-0.4, -0.2) is 42.4 Å². The number of carbonyl (C=O) groups excluding carboxylic acids is 2. The van der Waals surface area contributed by atoms with E-state index < -0.39 is 0 Å². The molecule has 26 heavy (non-hydrogen) atoms. The SMILES string of the molecule is O=C1CC(N2CCCC(C(=O)Nc3cccc4c3CCCC4)C2)CNN1. The summed E-state index contributed by atoms with van der Waals surface area (Å²) >= 11 is 0. The van der Waals surface area contributed by atoms with Gasteiger partial charge in [0.1, 0.15) is 0 Å². The third kappa shape index (κ3) is 3.76. The van der Waals surface area contributed by atoms with Gasteiger partial charge < -0.3 is 5.32 Å². The molecule has 0 aromatic heterocycles. The summed E-state index contributed by atoms with van der Waals surface area (Å²) < 4.78 is 0. The monoisotopic (exact) mass is 356 g/mol. The summed E-state index contributed by atoms with van der Waals surface area (Å²) in [5.74, 6) is 0.152. The topological polar surface area (TPSA) is 73.5 Å². The first-order valence-electron chi connectivity index (χ1n) is 9.88. The Morgan fingerprint density at radius 2 is 2.08 bits per heavy atom. The van der Waals surface area contributed by atoms with Crippen molar-refractivity contribution in [1.29, 1.82) is 0 Å². The Hall–Kier alpha value is -1.92. The van der Waals surface area contributed by atoms with E-state index in [0.717, 1.165) is 51.0 Å². The number of carbonyl (C=O) groups is 2. The molecule has 2 saturated heterocycles. The van der Waals surface area contributed by atoms with Gasteiger partial charge in [-0.15, -0.1) is 0 Å².